The van der Waals surface area contributed by atoms with Crippen LogP contribution in [0.1, 0.15) is 0 Å². The van der Waals surface area contributed by atoms with E-state index in [1.807, 2.05) is 0 Å². The molecule has 0 saturated heterocycles. The lowest BCUT2D eigenvalue weighted by molar-refractivity contribution is 0.151. The van der Waals surface area contributed by atoms with Crippen molar-refractivity contribution in [2.24, 2.45) is 5.73 Å². The molecule has 4 nitrogen and oxygen atoms in total. The molecule has 1 aromatic rings. The smallest absolute Gasteiger partial charge is 0.166 e. The topological polar surface area (TPSA) is 60.2 Å². The molecule has 0 atom stereocenters. The fraction of sp³-hybridized carbons (Fsp3) is 0.444. The molecule has 0 aliphatic rings. The van der Waals surface area contributed by atoms with Crippen molar-refractivity contribution >= 4 is 17.4 Å². The molecule has 0 bridgehead atoms. The van der Waals surface area contributed by atoms with E-state index >= 15 is 0 Å². The maximum Gasteiger partial charge on any atom is 0.166 e. The summed E-state index contributed by atoms with van der Waals surface area (Å²) in [4.78, 5) is 3.80. The van der Waals surface area contributed by atoms with Crippen molar-refractivity contribution in [3.63, 3.8) is 0 Å². The largest absolute Gasteiger partial charge is 0.378 e. The van der Waals surface area contributed by atoms with Crippen molar-refractivity contribution in [1.82, 2.24) is 4.98 Å². The number of rotatable bonds is 6. The minimum Gasteiger partial charge on any atom is -0.378 e. The van der Waals surface area contributed by atoms with E-state index in [1.165, 1.54) is 12.3 Å². The predicted octanol–water partition coefficient (Wildman–Crippen LogP) is 1.26. The van der Waals surface area contributed by atoms with Crippen molar-refractivity contribution < 1.29 is 9.13 Å². The van der Waals surface area contributed by atoms with Gasteiger partial charge in [0.25, 0.3) is 0 Å². The van der Waals surface area contributed by atoms with Crippen LogP contribution < -0.4 is 11.1 Å². The van der Waals surface area contributed by atoms with Crippen LogP contribution in [0.5, 0.6) is 0 Å². The number of nitrogens with one attached hydrogen (secondary N) is 1. The van der Waals surface area contributed by atoms with Crippen LogP contribution in [0.4, 0.5) is 10.2 Å². The third kappa shape index (κ3) is 4.42. The number of halogens is 2. The average molecular weight is 234 g/mol. The molecule has 0 radical (unpaired) electrons. The van der Waals surface area contributed by atoms with Crippen LogP contribution in [0.15, 0.2) is 12.3 Å². The number of anilines is 1. The van der Waals surface area contributed by atoms with E-state index in [-0.39, 0.29) is 10.8 Å². The summed E-state index contributed by atoms with van der Waals surface area (Å²) < 4.78 is 18.3. The first kappa shape index (κ1) is 12.2. The minimum absolute atomic E-state index is 0.177. The highest BCUT2D eigenvalue weighted by Gasteiger charge is 2.02. The zero-order valence-corrected chi connectivity index (χ0v) is 8.93. The van der Waals surface area contributed by atoms with Crippen LogP contribution in [0.3, 0.4) is 0 Å². The molecule has 0 unspecified atom stereocenters. The van der Waals surface area contributed by atoms with Gasteiger partial charge in [0.2, 0.25) is 0 Å². The van der Waals surface area contributed by atoms with Gasteiger partial charge in [-0.25, -0.2) is 9.37 Å². The van der Waals surface area contributed by atoms with Crippen LogP contribution in [0.25, 0.3) is 0 Å². The molecule has 1 heterocycles. The first-order valence-corrected chi connectivity index (χ1v) is 4.94. The van der Waals surface area contributed by atoms with E-state index in [0.29, 0.717) is 26.3 Å². The quantitative estimate of drug-likeness (QED) is 0.727. The molecule has 3 N–H and O–H groups in total. The van der Waals surface area contributed by atoms with E-state index in [1.54, 1.807) is 0 Å². The molecule has 0 aliphatic carbocycles. The molecule has 0 aromatic carbocycles. The van der Waals surface area contributed by atoms with Crippen LogP contribution in [0.2, 0.25) is 5.02 Å². The van der Waals surface area contributed by atoms with Gasteiger partial charge in [-0.1, -0.05) is 11.6 Å². The number of ether oxygens (including phenoxy) is 1. The first-order valence-electron chi connectivity index (χ1n) is 4.56. The lowest BCUT2D eigenvalue weighted by atomic mass is 10.4. The van der Waals surface area contributed by atoms with E-state index < -0.39 is 5.82 Å². The summed E-state index contributed by atoms with van der Waals surface area (Å²) >= 11 is 5.55. The Morgan fingerprint density at radius 3 is 3.00 bits per heavy atom. The Hall–Kier alpha value is -0.910. The highest BCUT2D eigenvalue weighted by Crippen LogP contribution is 2.14. The molecule has 15 heavy (non-hydrogen) atoms. The molecule has 84 valence electrons. The zero-order valence-electron chi connectivity index (χ0n) is 8.17. The number of hydrogen-bond acceptors (Lipinski definition) is 4. The molecule has 0 amide bonds. The predicted molar refractivity (Wildman–Crippen MR) is 57.6 cm³/mol. The molecular formula is C9H13ClFN3O. The van der Waals surface area contributed by atoms with Gasteiger partial charge in [-0.15, -0.1) is 0 Å². The van der Waals surface area contributed by atoms with Crippen molar-refractivity contribution in [2.75, 3.05) is 31.6 Å². The molecule has 1 aromatic heterocycles. The lowest BCUT2D eigenvalue weighted by Gasteiger charge is -2.06. The van der Waals surface area contributed by atoms with Gasteiger partial charge in [0.05, 0.1) is 18.2 Å². The van der Waals surface area contributed by atoms with Crippen LogP contribution in [0, 0.1) is 5.82 Å². The Bertz CT molecular complexity index is 311. The molecule has 6 heteroatoms. The van der Waals surface area contributed by atoms with E-state index in [4.69, 9.17) is 22.1 Å². The van der Waals surface area contributed by atoms with Crippen molar-refractivity contribution in [3.8, 4) is 0 Å². The Morgan fingerprint density at radius 2 is 2.33 bits per heavy atom. The standard InChI is InChI=1S/C9H13ClFN3O/c10-7-5-8(11)9(14-6-7)13-2-4-15-3-1-12/h5-6H,1-4,12H2,(H,13,14). The van der Waals surface area contributed by atoms with E-state index in [9.17, 15) is 4.39 Å². The summed E-state index contributed by atoms with van der Waals surface area (Å²) in [7, 11) is 0. The van der Waals surface area contributed by atoms with Gasteiger partial charge in [-0.05, 0) is 6.07 Å². The summed E-state index contributed by atoms with van der Waals surface area (Å²) in [5.41, 5.74) is 5.23. The Morgan fingerprint density at radius 1 is 1.53 bits per heavy atom. The van der Waals surface area contributed by atoms with Crippen molar-refractivity contribution in [3.05, 3.63) is 23.1 Å². The summed E-state index contributed by atoms with van der Waals surface area (Å²) in [6.07, 6.45) is 1.38. The third-order valence-electron chi connectivity index (χ3n) is 1.61. The summed E-state index contributed by atoms with van der Waals surface area (Å²) in [5, 5.41) is 3.06. The van der Waals surface area contributed by atoms with Gasteiger partial charge in [0.1, 0.15) is 0 Å². The molecule has 1 rings (SSSR count). The van der Waals surface area contributed by atoms with Gasteiger partial charge >= 0.3 is 0 Å². The first-order chi connectivity index (χ1) is 7.24. The number of nitrogens with zero attached hydrogens (tertiary/aromatic N) is 1. The SMILES string of the molecule is NCCOCCNc1ncc(Cl)cc1F. The van der Waals surface area contributed by atoms with E-state index in [0.717, 1.165) is 0 Å². The highest BCUT2D eigenvalue weighted by atomic mass is 35.5. The normalized spacial score (nSPS) is 10.3. The monoisotopic (exact) mass is 233 g/mol. The fourth-order valence-corrected chi connectivity index (χ4v) is 1.12. The lowest BCUT2D eigenvalue weighted by Crippen LogP contribution is -2.15. The molecule has 0 fully saturated rings. The number of hydrogen-bond donors (Lipinski definition) is 2. The molecular weight excluding hydrogens is 221 g/mol. The second kappa shape index (κ2) is 6.55. The summed E-state index contributed by atoms with van der Waals surface area (Å²) in [6.45, 7) is 1.91. The van der Waals surface area contributed by atoms with Crippen LogP contribution in [-0.4, -0.2) is 31.3 Å². The Kier molecular flexibility index (Phi) is 5.31. The third-order valence-corrected chi connectivity index (χ3v) is 1.82. The van der Waals surface area contributed by atoms with Gasteiger partial charge in [-0.3, -0.25) is 0 Å². The average Bonchev–Trinajstić information content (AvgIpc) is 2.20. The zero-order chi connectivity index (χ0) is 11.1. The molecule has 0 spiro atoms. The van der Waals surface area contributed by atoms with Gasteiger partial charge in [-0.2, -0.15) is 0 Å². The fourth-order valence-electron chi connectivity index (χ4n) is 0.972. The Balaban J connectivity index is 2.31. The molecule has 0 saturated carbocycles. The van der Waals surface area contributed by atoms with Gasteiger partial charge < -0.3 is 15.8 Å². The second-order valence-electron chi connectivity index (χ2n) is 2.81. The minimum atomic E-state index is -0.471. The number of aromatic nitrogens is 1. The molecule has 0 aliphatic heterocycles. The van der Waals surface area contributed by atoms with Crippen LogP contribution in [-0.2, 0) is 4.74 Å². The van der Waals surface area contributed by atoms with Crippen molar-refractivity contribution in [2.45, 2.75) is 0 Å². The summed E-state index contributed by atoms with van der Waals surface area (Å²) in [6, 6.07) is 1.21. The second-order valence-corrected chi connectivity index (χ2v) is 3.25. The summed E-state index contributed by atoms with van der Waals surface area (Å²) in [5.74, 6) is -0.294. The van der Waals surface area contributed by atoms with Gasteiger partial charge in [0, 0.05) is 19.3 Å². The highest BCUT2D eigenvalue weighted by molar-refractivity contribution is 6.30. The van der Waals surface area contributed by atoms with Crippen LogP contribution >= 0.6 is 11.6 Å². The maximum absolute atomic E-state index is 13.2. The maximum atomic E-state index is 13.2. The van der Waals surface area contributed by atoms with E-state index in [2.05, 4.69) is 10.3 Å². The van der Waals surface area contributed by atoms with Crippen molar-refractivity contribution in [1.29, 1.82) is 0 Å². The van der Waals surface area contributed by atoms with Gasteiger partial charge in [0.15, 0.2) is 11.6 Å². The Labute approximate surface area is 92.6 Å². The number of pyridine rings is 1. The number of nitrogens with two attached hydrogens (primary N) is 1.